The van der Waals surface area contributed by atoms with Gasteiger partial charge in [-0.2, -0.15) is 0 Å². The Labute approximate surface area is 84.9 Å². The monoisotopic (exact) mass is 191 g/mol. The first-order valence-corrected chi connectivity index (χ1v) is 4.58. The highest BCUT2D eigenvalue weighted by Crippen LogP contribution is 1.97. The molecular formula is C12H15O2-. The van der Waals surface area contributed by atoms with Gasteiger partial charge in [-0.1, -0.05) is 56.3 Å². The second-order valence-corrected chi connectivity index (χ2v) is 2.74. The Bertz CT molecular complexity index is 265. The van der Waals surface area contributed by atoms with Crippen LogP contribution in [0.2, 0.25) is 0 Å². The van der Waals surface area contributed by atoms with Crippen molar-refractivity contribution < 1.29 is 9.90 Å². The fraction of sp³-hybridized carbons (Fsp3) is 0.250. The minimum Gasteiger partial charge on any atom is -0.550 e. The molecule has 0 aromatic heterocycles. The van der Waals surface area contributed by atoms with Gasteiger partial charge in [0, 0.05) is 5.97 Å². The quantitative estimate of drug-likeness (QED) is 0.731. The fourth-order valence-corrected chi connectivity index (χ4v) is 0.793. The molecule has 0 fully saturated rings. The summed E-state index contributed by atoms with van der Waals surface area (Å²) in [7, 11) is 0. The van der Waals surface area contributed by atoms with Crippen LogP contribution in [0.4, 0.5) is 0 Å². The van der Waals surface area contributed by atoms with Crippen molar-refractivity contribution in [3.05, 3.63) is 42.5 Å². The van der Waals surface area contributed by atoms with Gasteiger partial charge in [0.25, 0.3) is 0 Å². The van der Waals surface area contributed by atoms with Crippen LogP contribution in [0.1, 0.15) is 25.3 Å². The molecule has 0 spiro atoms. The predicted octanol–water partition coefficient (Wildman–Crippen LogP) is 1.87. The van der Waals surface area contributed by atoms with Crippen LogP contribution in [0.5, 0.6) is 0 Å². The van der Waals surface area contributed by atoms with Crippen molar-refractivity contribution in [2.45, 2.75) is 19.8 Å². The summed E-state index contributed by atoms with van der Waals surface area (Å²) in [6.45, 7) is 5.43. The third-order valence-corrected chi connectivity index (χ3v) is 1.49. The number of benzene rings is 1. The largest absolute Gasteiger partial charge is 0.550 e. The van der Waals surface area contributed by atoms with E-state index in [1.165, 1.54) is 5.56 Å². The van der Waals surface area contributed by atoms with E-state index in [9.17, 15) is 9.90 Å². The molecule has 1 aromatic carbocycles. The molecule has 0 heterocycles. The number of carboxylic acid groups (broad SMARTS) is 1. The fourth-order valence-electron chi connectivity index (χ4n) is 0.793. The number of carboxylic acids is 1. The molecule has 0 aliphatic rings. The van der Waals surface area contributed by atoms with E-state index in [1.54, 1.807) is 6.92 Å². The summed E-state index contributed by atoms with van der Waals surface area (Å²) in [6.07, 6.45) is 2.68. The van der Waals surface area contributed by atoms with Gasteiger partial charge >= 0.3 is 0 Å². The molecule has 0 N–H and O–H groups in total. The highest BCUT2D eigenvalue weighted by molar-refractivity contribution is 5.63. The van der Waals surface area contributed by atoms with Crippen LogP contribution < -0.4 is 5.11 Å². The molecule has 0 radical (unpaired) electrons. The van der Waals surface area contributed by atoms with Crippen LogP contribution in [0, 0.1) is 0 Å². The SMILES string of the molecule is C=Cc1ccccc1.CCCC(=O)[O-]. The summed E-state index contributed by atoms with van der Waals surface area (Å²) >= 11 is 0. The van der Waals surface area contributed by atoms with Crippen molar-refractivity contribution in [2.24, 2.45) is 0 Å². The molecule has 0 amide bonds. The summed E-state index contributed by atoms with van der Waals surface area (Å²) < 4.78 is 0. The van der Waals surface area contributed by atoms with Gasteiger partial charge in [-0.3, -0.25) is 0 Å². The topological polar surface area (TPSA) is 40.1 Å². The number of carbonyl (C=O) groups excluding carboxylic acids is 1. The number of carbonyl (C=O) groups is 1. The van der Waals surface area contributed by atoms with Gasteiger partial charge in [0.1, 0.15) is 0 Å². The van der Waals surface area contributed by atoms with Gasteiger partial charge in [0.05, 0.1) is 0 Å². The Hall–Kier alpha value is -1.57. The normalized spacial score (nSPS) is 8.36. The maximum Gasteiger partial charge on any atom is 0.0414 e. The average Bonchev–Trinajstić information content (AvgIpc) is 2.20. The second-order valence-electron chi connectivity index (χ2n) is 2.74. The number of rotatable bonds is 3. The molecule has 1 aromatic rings. The first-order chi connectivity index (χ1) is 6.70. The first kappa shape index (κ1) is 12.4. The van der Waals surface area contributed by atoms with Crippen molar-refractivity contribution in [3.63, 3.8) is 0 Å². The molecule has 0 saturated heterocycles. The van der Waals surface area contributed by atoms with Gasteiger partial charge in [-0.05, 0) is 12.0 Å². The van der Waals surface area contributed by atoms with Gasteiger partial charge in [-0.25, -0.2) is 0 Å². The van der Waals surface area contributed by atoms with Crippen LogP contribution in [0.15, 0.2) is 36.9 Å². The summed E-state index contributed by atoms with van der Waals surface area (Å²) in [5, 5.41) is 9.49. The molecular weight excluding hydrogens is 176 g/mol. The maximum atomic E-state index is 9.49. The van der Waals surface area contributed by atoms with Gasteiger partial charge in [0.2, 0.25) is 0 Å². The Kier molecular flexibility index (Phi) is 7.15. The lowest BCUT2D eigenvalue weighted by Gasteiger charge is -1.92. The van der Waals surface area contributed by atoms with E-state index in [0.29, 0.717) is 6.42 Å². The van der Waals surface area contributed by atoms with Gasteiger partial charge in [0.15, 0.2) is 0 Å². The molecule has 0 aliphatic carbocycles. The third kappa shape index (κ3) is 7.10. The standard InChI is InChI=1S/C8H8.C4H8O2/c1-2-8-6-4-3-5-7-8;1-2-3-4(5)6/h2-7H,1H2;2-3H2,1H3,(H,5,6)/p-1. The van der Waals surface area contributed by atoms with Crippen molar-refractivity contribution in [1.82, 2.24) is 0 Å². The van der Waals surface area contributed by atoms with E-state index < -0.39 is 5.97 Å². The Morgan fingerprint density at radius 1 is 1.43 bits per heavy atom. The molecule has 0 atom stereocenters. The second kappa shape index (κ2) is 8.05. The molecule has 2 nitrogen and oxygen atoms in total. The zero-order valence-electron chi connectivity index (χ0n) is 8.40. The predicted molar refractivity (Wildman–Crippen MR) is 56.4 cm³/mol. The molecule has 0 unspecified atom stereocenters. The molecule has 0 saturated carbocycles. The van der Waals surface area contributed by atoms with Gasteiger partial charge < -0.3 is 9.90 Å². The molecule has 76 valence electrons. The van der Waals surface area contributed by atoms with E-state index in [-0.39, 0.29) is 6.42 Å². The van der Waals surface area contributed by atoms with Crippen LogP contribution >= 0.6 is 0 Å². The summed E-state index contributed by atoms with van der Waals surface area (Å²) in [6, 6.07) is 10.0. The summed E-state index contributed by atoms with van der Waals surface area (Å²) in [5.74, 6) is -0.961. The summed E-state index contributed by atoms with van der Waals surface area (Å²) in [4.78, 5) is 9.49. The molecule has 0 aliphatic heterocycles. The van der Waals surface area contributed by atoms with E-state index in [0.717, 1.165) is 0 Å². The lowest BCUT2D eigenvalue weighted by molar-refractivity contribution is -0.305. The van der Waals surface area contributed by atoms with Crippen LogP contribution in [-0.4, -0.2) is 5.97 Å². The molecule has 14 heavy (non-hydrogen) atoms. The Morgan fingerprint density at radius 3 is 2.21 bits per heavy atom. The van der Waals surface area contributed by atoms with Crippen molar-refractivity contribution >= 4 is 12.0 Å². The lowest BCUT2D eigenvalue weighted by atomic mass is 10.2. The van der Waals surface area contributed by atoms with E-state index in [4.69, 9.17) is 0 Å². The van der Waals surface area contributed by atoms with Crippen molar-refractivity contribution in [1.29, 1.82) is 0 Å². The third-order valence-electron chi connectivity index (χ3n) is 1.49. The van der Waals surface area contributed by atoms with Crippen molar-refractivity contribution in [3.8, 4) is 0 Å². The number of aliphatic carboxylic acids is 1. The zero-order chi connectivity index (χ0) is 10.8. The van der Waals surface area contributed by atoms with Crippen LogP contribution in [0.25, 0.3) is 6.08 Å². The number of hydrogen-bond acceptors (Lipinski definition) is 2. The maximum absolute atomic E-state index is 9.49. The van der Waals surface area contributed by atoms with E-state index in [2.05, 4.69) is 6.58 Å². The zero-order valence-corrected chi connectivity index (χ0v) is 8.40. The highest BCUT2D eigenvalue weighted by atomic mass is 16.4. The lowest BCUT2D eigenvalue weighted by Crippen LogP contribution is -2.20. The Morgan fingerprint density at radius 2 is 2.00 bits per heavy atom. The Balaban J connectivity index is 0.000000255. The van der Waals surface area contributed by atoms with Crippen LogP contribution in [-0.2, 0) is 4.79 Å². The molecule has 1 rings (SSSR count). The molecule has 0 bridgehead atoms. The minimum atomic E-state index is -0.961. The minimum absolute atomic E-state index is 0.181. The average molecular weight is 191 g/mol. The first-order valence-electron chi connectivity index (χ1n) is 4.58. The van der Waals surface area contributed by atoms with E-state index >= 15 is 0 Å². The van der Waals surface area contributed by atoms with E-state index in [1.807, 2.05) is 36.4 Å². The summed E-state index contributed by atoms with van der Waals surface area (Å²) in [5.41, 5.74) is 1.17. The van der Waals surface area contributed by atoms with Gasteiger partial charge in [-0.15, -0.1) is 0 Å². The number of hydrogen-bond donors (Lipinski definition) is 0. The molecule has 2 heteroatoms. The van der Waals surface area contributed by atoms with Crippen LogP contribution in [0.3, 0.4) is 0 Å². The smallest absolute Gasteiger partial charge is 0.0414 e. The highest BCUT2D eigenvalue weighted by Gasteiger charge is 1.76. The van der Waals surface area contributed by atoms with Crippen molar-refractivity contribution in [2.75, 3.05) is 0 Å².